The van der Waals surface area contributed by atoms with Gasteiger partial charge in [0.25, 0.3) is 5.91 Å². The Morgan fingerprint density at radius 3 is 2.09 bits per heavy atom. The molecule has 3 N–H and O–H groups in total. The fourth-order valence-electron chi connectivity index (χ4n) is 2.91. The zero-order valence-corrected chi connectivity index (χ0v) is 19.1. The van der Waals surface area contributed by atoms with Crippen LogP contribution >= 0.6 is 0 Å². The molecule has 0 saturated heterocycles. The van der Waals surface area contributed by atoms with E-state index in [0.717, 1.165) is 6.42 Å². The van der Waals surface area contributed by atoms with E-state index < -0.39 is 6.09 Å². The van der Waals surface area contributed by atoms with Crippen LogP contribution in [0.15, 0.2) is 78.9 Å². The first-order chi connectivity index (χ1) is 15.9. The number of carbonyl (C=O) groups is 2. The zero-order valence-electron chi connectivity index (χ0n) is 19.1. The van der Waals surface area contributed by atoms with Gasteiger partial charge in [0.1, 0.15) is 11.5 Å². The van der Waals surface area contributed by atoms with Crippen LogP contribution in [0.3, 0.4) is 0 Å². The molecule has 3 aromatic carbocycles. The number of amides is 2. The molecule has 7 nitrogen and oxygen atoms in total. The van der Waals surface area contributed by atoms with Crippen molar-refractivity contribution in [3.63, 3.8) is 0 Å². The zero-order chi connectivity index (χ0) is 23.7. The fourth-order valence-corrected chi connectivity index (χ4v) is 2.91. The van der Waals surface area contributed by atoms with E-state index in [-0.39, 0.29) is 17.9 Å². The molecule has 0 unspecified atom stereocenters. The van der Waals surface area contributed by atoms with Crippen LogP contribution in [0, 0.1) is 0 Å². The molecule has 0 aromatic heterocycles. The summed E-state index contributed by atoms with van der Waals surface area (Å²) in [6.45, 7) is 6.43. The van der Waals surface area contributed by atoms with Crippen LogP contribution < -0.4 is 25.6 Å². The Hall–Kier alpha value is -4.00. The van der Waals surface area contributed by atoms with Gasteiger partial charge < -0.3 is 9.47 Å². The van der Waals surface area contributed by atoms with Crippen molar-refractivity contribution in [1.29, 1.82) is 0 Å². The number of rotatable bonds is 9. The molecular formula is C26H29N3O4. The maximum atomic E-state index is 12.1. The van der Waals surface area contributed by atoms with Crippen LogP contribution in [-0.4, -0.2) is 18.6 Å². The Bertz CT molecular complexity index is 1050. The fraction of sp³-hybridized carbons (Fsp3) is 0.231. The number of hydrazine groups is 1. The number of nitrogens with one attached hydrogen (secondary N) is 3. The molecule has 0 aliphatic carbocycles. The second kappa shape index (κ2) is 11.0. The van der Waals surface area contributed by atoms with Crippen LogP contribution in [0.4, 0.5) is 16.2 Å². The van der Waals surface area contributed by atoms with Crippen molar-refractivity contribution in [3.05, 3.63) is 84.4 Å². The summed E-state index contributed by atoms with van der Waals surface area (Å²) in [4.78, 5) is 24.0. The van der Waals surface area contributed by atoms with Crippen molar-refractivity contribution in [3.8, 4) is 11.5 Å². The lowest BCUT2D eigenvalue weighted by atomic mass is 9.82. The third-order valence-corrected chi connectivity index (χ3v) is 5.32. The van der Waals surface area contributed by atoms with Crippen molar-refractivity contribution < 1.29 is 19.1 Å². The predicted octanol–water partition coefficient (Wildman–Crippen LogP) is 5.51. The van der Waals surface area contributed by atoms with Gasteiger partial charge in [0.15, 0.2) is 6.61 Å². The average molecular weight is 448 g/mol. The van der Waals surface area contributed by atoms with Gasteiger partial charge in [-0.1, -0.05) is 51.1 Å². The minimum Gasteiger partial charge on any atom is -0.484 e. The Morgan fingerprint density at radius 2 is 1.45 bits per heavy atom. The van der Waals surface area contributed by atoms with Crippen LogP contribution in [0.2, 0.25) is 0 Å². The number of benzene rings is 3. The van der Waals surface area contributed by atoms with E-state index in [1.165, 1.54) is 5.56 Å². The Morgan fingerprint density at radius 1 is 0.818 bits per heavy atom. The predicted molar refractivity (Wildman–Crippen MR) is 130 cm³/mol. The lowest BCUT2D eigenvalue weighted by Gasteiger charge is -2.23. The number of hydrogen-bond acceptors (Lipinski definition) is 5. The highest BCUT2D eigenvalue weighted by Gasteiger charge is 2.17. The molecule has 33 heavy (non-hydrogen) atoms. The number of anilines is 2. The van der Waals surface area contributed by atoms with Gasteiger partial charge in [-0.3, -0.25) is 21.0 Å². The molecule has 0 atom stereocenters. The largest absolute Gasteiger partial charge is 0.484 e. The van der Waals surface area contributed by atoms with Crippen LogP contribution in [0.5, 0.6) is 11.5 Å². The lowest BCUT2D eigenvalue weighted by molar-refractivity contribution is -0.122. The quantitative estimate of drug-likeness (QED) is 0.377. The van der Waals surface area contributed by atoms with Crippen LogP contribution in [0.1, 0.15) is 32.8 Å². The molecular weight excluding hydrogens is 418 g/mol. The molecule has 0 heterocycles. The molecule has 0 bridgehead atoms. The lowest BCUT2D eigenvalue weighted by Crippen LogP contribution is -2.33. The summed E-state index contributed by atoms with van der Waals surface area (Å²) in [5.74, 6) is 0.777. The van der Waals surface area contributed by atoms with E-state index in [0.29, 0.717) is 22.9 Å². The average Bonchev–Trinajstić information content (AvgIpc) is 2.83. The number of ether oxygens (including phenoxy) is 2. The van der Waals surface area contributed by atoms with E-state index in [9.17, 15) is 9.59 Å². The summed E-state index contributed by atoms with van der Waals surface area (Å²) >= 11 is 0. The number of para-hydroxylation sites is 1. The van der Waals surface area contributed by atoms with Crippen molar-refractivity contribution in [1.82, 2.24) is 5.43 Å². The van der Waals surface area contributed by atoms with E-state index in [1.807, 2.05) is 30.3 Å². The summed E-state index contributed by atoms with van der Waals surface area (Å²) in [6.07, 6.45) is 0.453. The summed E-state index contributed by atoms with van der Waals surface area (Å²) < 4.78 is 10.7. The summed E-state index contributed by atoms with van der Waals surface area (Å²) in [5, 5.41) is 2.64. The minimum atomic E-state index is -0.585. The molecule has 0 aliphatic rings. The van der Waals surface area contributed by atoms with Crippen molar-refractivity contribution in [2.24, 2.45) is 0 Å². The van der Waals surface area contributed by atoms with Gasteiger partial charge in [0.2, 0.25) is 0 Å². The van der Waals surface area contributed by atoms with Crippen LogP contribution in [-0.2, 0) is 10.2 Å². The third-order valence-electron chi connectivity index (χ3n) is 5.32. The molecule has 172 valence electrons. The number of hydrogen-bond donors (Lipinski definition) is 3. The highest BCUT2D eigenvalue weighted by molar-refractivity contribution is 5.86. The Labute approximate surface area is 194 Å². The Balaban J connectivity index is 1.40. The van der Waals surface area contributed by atoms with Gasteiger partial charge in [0, 0.05) is 5.69 Å². The van der Waals surface area contributed by atoms with E-state index >= 15 is 0 Å². The third kappa shape index (κ3) is 7.28. The van der Waals surface area contributed by atoms with E-state index in [2.05, 4.69) is 36.9 Å². The van der Waals surface area contributed by atoms with Gasteiger partial charge in [-0.05, 0) is 65.9 Å². The molecule has 0 aliphatic heterocycles. The van der Waals surface area contributed by atoms with Gasteiger partial charge in [0.05, 0.1) is 5.69 Å². The normalized spacial score (nSPS) is 10.8. The van der Waals surface area contributed by atoms with Gasteiger partial charge in [-0.15, -0.1) is 0 Å². The van der Waals surface area contributed by atoms with Gasteiger partial charge in [-0.2, -0.15) is 0 Å². The van der Waals surface area contributed by atoms with Crippen molar-refractivity contribution in [2.75, 3.05) is 17.3 Å². The second-order valence-corrected chi connectivity index (χ2v) is 8.13. The minimum absolute atomic E-state index is 0.104. The van der Waals surface area contributed by atoms with Crippen molar-refractivity contribution in [2.45, 2.75) is 32.6 Å². The second-order valence-electron chi connectivity index (χ2n) is 8.13. The topological polar surface area (TPSA) is 88.7 Å². The molecule has 0 spiro atoms. The summed E-state index contributed by atoms with van der Waals surface area (Å²) in [6, 6.07) is 23.4. The molecule has 7 heteroatoms. The van der Waals surface area contributed by atoms with Crippen LogP contribution in [0.25, 0.3) is 0 Å². The van der Waals surface area contributed by atoms with E-state index in [1.54, 1.807) is 48.5 Å². The molecule has 3 aromatic rings. The van der Waals surface area contributed by atoms with Gasteiger partial charge >= 0.3 is 6.09 Å². The maximum Gasteiger partial charge on any atom is 0.417 e. The Kier molecular flexibility index (Phi) is 7.91. The molecule has 3 rings (SSSR count). The van der Waals surface area contributed by atoms with E-state index in [4.69, 9.17) is 9.47 Å². The first-order valence-electron chi connectivity index (χ1n) is 10.8. The first-order valence-corrected chi connectivity index (χ1v) is 10.8. The van der Waals surface area contributed by atoms with Crippen molar-refractivity contribution >= 4 is 23.4 Å². The molecule has 0 saturated carbocycles. The molecule has 2 amide bonds. The van der Waals surface area contributed by atoms with Gasteiger partial charge in [-0.25, -0.2) is 4.79 Å². The summed E-state index contributed by atoms with van der Waals surface area (Å²) in [7, 11) is 0. The number of carbonyl (C=O) groups excluding carboxylic acids is 2. The monoisotopic (exact) mass is 447 g/mol. The highest BCUT2D eigenvalue weighted by atomic mass is 16.6. The maximum absolute atomic E-state index is 12.1. The molecule has 0 fully saturated rings. The highest BCUT2D eigenvalue weighted by Crippen LogP contribution is 2.28. The molecule has 0 radical (unpaired) electrons. The summed E-state index contributed by atoms with van der Waals surface area (Å²) in [5.41, 5.74) is 7.94. The standard InChI is InChI=1S/C26H29N3O4/c1-4-26(2,3)19-10-16-22(17-11-19)32-18-24(30)29-28-21-14-12-20(13-15-21)27-25(31)33-23-8-6-5-7-9-23/h5-17,28H,4,18H2,1-3H3,(H,27,31)(H,29,30). The SMILES string of the molecule is CCC(C)(C)c1ccc(OCC(=O)NNc2ccc(NC(=O)Oc3ccccc3)cc2)cc1. The smallest absolute Gasteiger partial charge is 0.417 e. The first kappa shape index (κ1) is 23.7.